The van der Waals surface area contributed by atoms with Crippen molar-refractivity contribution in [3.8, 4) is 22.4 Å². The molecule has 0 bridgehead atoms. The highest BCUT2D eigenvalue weighted by molar-refractivity contribution is 5.96. The van der Waals surface area contributed by atoms with E-state index in [-0.39, 0.29) is 11.9 Å². The fourth-order valence-corrected chi connectivity index (χ4v) is 4.04. The first-order valence-electron chi connectivity index (χ1n) is 10.4. The number of carboxylic acids is 1. The average molecular weight is 440 g/mol. The van der Waals surface area contributed by atoms with Crippen LogP contribution in [0.5, 0.6) is 0 Å². The third-order valence-electron chi connectivity index (χ3n) is 5.65. The molecule has 0 aliphatic rings. The van der Waals surface area contributed by atoms with Gasteiger partial charge < -0.3 is 14.2 Å². The number of hydrogen-bond acceptors (Lipinski definition) is 7. The van der Waals surface area contributed by atoms with E-state index in [9.17, 15) is 9.90 Å². The lowest BCUT2D eigenvalue weighted by atomic mass is 10.0. The van der Waals surface area contributed by atoms with Gasteiger partial charge >= 0.3 is 5.97 Å². The average Bonchev–Trinajstić information content (AvgIpc) is 3.38. The molecule has 0 amide bonds. The van der Waals surface area contributed by atoms with E-state index >= 15 is 0 Å². The zero-order valence-corrected chi connectivity index (χ0v) is 18.2. The van der Waals surface area contributed by atoms with E-state index in [0.29, 0.717) is 11.5 Å². The van der Waals surface area contributed by atoms with Gasteiger partial charge in [0, 0.05) is 46.9 Å². The molecule has 0 spiro atoms. The largest absolute Gasteiger partial charge is 0.475 e. The van der Waals surface area contributed by atoms with Crippen LogP contribution in [-0.2, 0) is 0 Å². The van der Waals surface area contributed by atoms with Crippen LogP contribution in [-0.4, -0.2) is 40.7 Å². The summed E-state index contributed by atoms with van der Waals surface area (Å²) in [5.41, 5.74) is 5.37. The summed E-state index contributed by atoms with van der Waals surface area (Å²) >= 11 is 0. The predicted molar refractivity (Wildman–Crippen MR) is 121 cm³/mol. The quantitative estimate of drug-likeness (QED) is 0.425. The van der Waals surface area contributed by atoms with E-state index < -0.39 is 5.97 Å². The highest BCUT2D eigenvalue weighted by Gasteiger charge is 2.21. The normalized spacial score (nSPS) is 12.2. The van der Waals surface area contributed by atoms with E-state index in [1.54, 1.807) is 18.5 Å². The van der Waals surface area contributed by atoms with Gasteiger partial charge in [0.15, 0.2) is 0 Å². The van der Waals surface area contributed by atoms with Crippen LogP contribution in [0.25, 0.3) is 33.4 Å². The number of carboxylic acid groups (broad SMARTS) is 1. The minimum atomic E-state index is -1.18. The molecule has 0 radical (unpaired) electrons. The number of aryl methyl sites for hydroxylation is 2. The molecule has 0 aliphatic carbocycles. The molecule has 9 heteroatoms. The standard InChI is InChI=1S/C24H20N6O3/c1-13-21(15(3)33-29-13)16-10-17-18(20-7-9-26-22(28-20)24(31)32)12-30(23(17)27-11-16)14(2)19-6-4-5-8-25-19/h4-12,14H,1-3H3,(H,31,32). The van der Waals surface area contributed by atoms with Gasteiger partial charge in [-0.05, 0) is 45.0 Å². The smallest absolute Gasteiger partial charge is 0.373 e. The predicted octanol–water partition coefficient (Wildman–Crippen LogP) is 4.47. The molecule has 0 aliphatic heterocycles. The summed E-state index contributed by atoms with van der Waals surface area (Å²) in [5, 5.41) is 14.3. The highest BCUT2D eigenvalue weighted by Crippen LogP contribution is 2.36. The first kappa shape index (κ1) is 20.5. The Morgan fingerprint density at radius 2 is 1.97 bits per heavy atom. The van der Waals surface area contributed by atoms with E-state index in [2.05, 4.69) is 20.1 Å². The van der Waals surface area contributed by atoms with Gasteiger partial charge in [0.05, 0.1) is 23.1 Å². The lowest BCUT2D eigenvalue weighted by Crippen LogP contribution is -2.07. The van der Waals surface area contributed by atoms with Gasteiger partial charge in [0.25, 0.3) is 0 Å². The number of carbonyl (C=O) groups is 1. The molecule has 164 valence electrons. The fourth-order valence-electron chi connectivity index (χ4n) is 4.04. The van der Waals surface area contributed by atoms with E-state index in [0.717, 1.165) is 39.1 Å². The minimum absolute atomic E-state index is 0.111. The van der Waals surface area contributed by atoms with Crippen molar-refractivity contribution in [2.75, 3.05) is 0 Å². The van der Waals surface area contributed by atoms with Gasteiger partial charge in [-0.3, -0.25) is 4.98 Å². The summed E-state index contributed by atoms with van der Waals surface area (Å²) in [5.74, 6) is -0.746. The number of aromatic carboxylic acids is 1. The summed E-state index contributed by atoms with van der Waals surface area (Å²) in [6, 6.07) is 9.37. The first-order chi connectivity index (χ1) is 15.9. The van der Waals surface area contributed by atoms with Gasteiger partial charge in [0.2, 0.25) is 5.82 Å². The molecule has 5 rings (SSSR count). The van der Waals surface area contributed by atoms with Gasteiger partial charge in [0.1, 0.15) is 11.4 Å². The Morgan fingerprint density at radius 1 is 1.12 bits per heavy atom. The monoisotopic (exact) mass is 440 g/mol. The first-order valence-corrected chi connectivity index (χ1v) is 10.4. The Labute approximate surface area is 188 Å². The summed E-state index contributed by atoms with van der Waals surface area (Å²) in [7, 11) is 0. The molecule has 1 unspecified atom stereocenters. The fraction of sp³-hybridized carbons (Fsp3) is 0.167. The molecule has 1 N–H and O–H groups in total. The van der Waals surface area contributed by atoms with Crippen LogP contribution >= 0.6 is 0 Å². The molecule has 5 aromatic rings. The van der Waals surface area contributed by atoms with Gasteiger partial charge in [-0.15, -0.1) is 0 Å². The Balaban J connectivity index is 1.76. The Morgan fingerprint density at radius 3 is 2.67 bits per heavy atom. The van der Waals surface area contributed by atoms with E-state index in [1.165, 1.54) is 6.20 Å². The van der Waals surface area contributed by atoms with Crippen molar-refractivity contribution in [3.05, 3.63) is 78.1 Å². The summed E-state index contributed by atoms with van der Waals surface area (Å²) in [6.07, 6.45) is 6.93. The molecule has 0 aromatic carbocycles. The summed E-state index contributed by atoms with van der Waals surface area (Å²) < 4.78 is 7.36. The lowest BCUT2D eigenvalue weighted by Gasteiger charge is -2.14. The van der Waals surface area contributed by atoms with Crippen molar-refractivity contribution in [3.63, 3.8) is 0 Å². The highest BCUT2D eigenvalue weighted by atomic mass is 16.5. The SMILES string of the molecule is Cc1noc(C)c1-c1cnc2c(c1)c(-c1ccnc(C(=O)O)n1)cn2C(C)c1ccccn1. The van der Waals surface area contributed by atoms with E-state index in [4.69, 9.17) is 9.51 Å². The molecule has 5 aromatic heterocycles. The molecule has 1 atom stereocenters. The number of rotatable bonds is 5. The topological polar surface area (TPSA) is 120 Å². The van der Waals surface area contributed by atoms with Crippen LogP contribution in [0.1, 0.15) is 40.7 Å². The Hall–Kier alpha value is -4.40. The second kappa shape index (κ2) is 7.94. The number of nitrogens with zero attached hydrogens (tertiary/aromatic N) is 6. The number of pyridine rings is 2. The van der Waals surface area contributed by atoms with Crippen LogP contribution in [0.15, 0.2) is 59.6 Å². The van der Waals surface area contributed by atoms with Crippen LogP contribution < -0.4 is 0 Å². The third-order valence-corrected chi connectivity index (χ3v) is 5.65. The van der Waals surface area contributed by atoms with Crippen molar-refractivity contribution >= 4 is 17.0 Å². The second-order valence-corrected chi connectivity index (χ2v) is 7.75. The number of aromatic nitrogens is 6. The molecule has 0 saturated heterocycles. The molecular formula is C24H20N6O3. The minimum Gasteiger partial charge on any atom is -0.475 e. The Bertz CT molecular complexity index is 1470. The zero-order chi connectivity index (χ0) is 23.1. The molecule has 0 fully saturated rings. The van der Waals surface area contributed by atoms with Crippen molar-refractivity contribution in [2.24, 2.45) is 0 Å². The summed E-state index contributed by atoms with van der Waals surface area (Å²) in [6.45, 7) is 5.78. The Kier molecular flexibility index (Phi) is 4.93. The molecule has 33 heavy (non-hydrogen) atoms. The van der Waals surface area contributed by atoms with E-state index in [1.807, 2.05) is 55.8 Å². The van der Waals surface area contributed by atoms with Gasteiger partial charge in [-0.1, -0.05) is 11.2 Å². The molecule has 5 heterocycles. The van der Waals surface area contributed by atoms with Gasteiger partial charge in [-0.2, -0.15) is 0 Å². The summed E-state index contributed by atoms with van der Waals surface area (Å²) in [4.78, 5) is 28.8. The molecule has 9 nitrogen and oxygen atoms in total. The van der Waals surface area contributed by atoms with Crippen molar-refractivity contribution in [2.45, 2.75) is 26.8 Å². The van der Waals surface area contributed by atoms with Crippen LogP contribution in [0.2, 0.25) is 0 Å². The second-order valence-electron chi connectivity index (χ2n) is 7.75. The van der Waals surface area contributed by atoms with Crippen molar-refractivity contribution in [1.29, 1.82) is 0 Å². The maximum absolute atomic E-state index is 11.5. The lowest BCUT2D eigenvalue weighted by molar-refractivity contribution is 0.0683. The van der Waals surface area contributed by atoms with Gasteiger partial charge in [-0.25, -0.2) is 19.7 Å². The van der Waals surface area contributed by atoms with Crippen molar-refractivity contribution in [1.82, 2.24) is 29.7 Å². The molecule has 0 saturated carbocycles. The van der Waals surface area contributed by atoms with Crippen LogP contribution in [0.4, 0.5) is 0 Å². The van der Waals surface area contributed by atoms with Crippen LogP contribution in [0.3, 0.4) is 0 Å². The third kappa shape index (κ3) is 3.53. The van der Waals surface area contributed by atoms with Crippen LogP contribution in [0, 0.1) is 13.8 Å². The number of hydrogen-bond donors (Lipinski definition) is 1. The maximum atomic E-state index is 11.5. The molecular weight excluding hydrogens is 420 g/mol. The van der Waals surface area contributed by atoms with Crippen molar-refractivity contribution < 1.29 is 14.4 Å². The maximum Gasteiger partial charge on any atom is 0.373 e. The number of fused-ring (bicyclic) bond motifs is 1. The zero-order valence-electron chi connectivity index (χ0n) is 18.2.